The molecule has 1 aromatic heterocycles. The van der Waals surface area contributed by atoms with Crippen molar-refractivity contribution in [2.24, 2.45) is 0 Å². The molecule has 1 aromatic rings. The molecule has 0 unspecified atom stereocenters. The standard InChI is InChI=1S/C13H19NOS/c15-12-5-2-4-11(12)14-8-10-7-9-3-1-6-13(9)16-10/h7,11-12,14-15H,1-6,8H2/t11-,12-/m1/s1. The molecule has 0 radical (unpaired) electrons. The highest BCUT2D eigenvalue weighted by molar-refractivity contribution is 7.12. The van der Waals surface area contributed by atoms with Crippen molar-refractivity contribution >= 4 is 11.3 Å². The van der Waals surface area contributed by atoms with Crippen LogP contribution in [-0.4, -0.2) is 17.3 Å². The smallest absolute Gasteiger partial charge is 0.0693 e. The van der Waals surface area contributed by atoms with E-state index in [1.165, 1.54) is 30.6 Å². The topological polar surface area (TPSA) is 32.3 Å². The summed E-state index contributed by atoms with van der Waals surface area (Å²) in [7, 11) is 0. The van der Waals surface area contributed by atoms with Crippen LogP contribution in [0, 0.1) is 0 Å². The summed E-state index contributed by atoms with van der Waals surface area (Å²) in [5.74, 6) is 0. The predicted molar refractivity (Wildman–Crippen MR) is 66.8 cm³/mol. The van der Waals surface area contributed by atoms with Crippen LogP contribution in [0.15, 0.2) is 6.07 Å². The Balaban J connectivity index is 1.58. The highest BCUT2D eigenvalue weighted by Crippen LogP contribution is 2.30. The third-order valence-electron chi connectivity index (χ3n) is 3.82. The number of aliphatic hydroxyl groups is 1. The Labute approximate surface area is 101 Å². The summed E-state index contributed by atoms with van der Waals surface area (Å²) < 4.78 is 0. The minimum absolute atomic E-state index is 0.119. The van der Waals surface area contributed by atoms with Gasteiger partial charge in [-0.1, -0.05) is 0 Å². The fraction of sp³-hybridized carbons (Fsp3) is 0.692. The molecule has 0 spiro atoms. The van der Waals surface area contributed by atoms with Crippen molar-refractivity contribution in [1.82, 2.24) is 5.32 Å². The Morgan fingerprint density at radius 3 is 3.00 bits per heavy atom. The van der Waals surface area contributed by atoms with Crippen LogP contribution in [0.5, 0.6) is 0 Å². The Morgan fingerprint density at radius 1 is 1.31 bits per heavy atom. The van der Waals surface area contributed by atoms with Crippen LogP contribution in [0.1, 0.15) is 41.0 Å². The molecular weight excluding hydrogens is 218 g/mol. The average Bonchev–Trinajstić information content (AvgIpc) is 2.89. The lowest BCUT2D eigenvalue weighted by Crippen LogP contribution is -2.34. The zero-order valence-corrected chi connectivity index (χ0v) is 10.4. The average molecular weight is 237 g/mol. The van der Waals surface area contributed by atoms with Gasteiger partial charge in [0.2, 0.25) is 0 Å². The van der Waals surface area contributed by atoms with Gasteiger partial charge in [0.25, 0.3) is 0 Å². The molecule has 16 heavy (non-hydrogen) atoms. The van der Waals surface area contributed by atoms with Crippen LogP contribution >= 0.6 is 11.3 Å². The van der Waals surface area contributed by atoms with Crippen molar-refractivity contribution < 1.29 is 5.11 Å². The van der Waals surface area contributed by atoms with E-state index in [9.17, 15) is 5.11 Å². The quantitative estimate of drug-likeness (QED) is 0.845. The fourth-order valence-corrected chi connectivity index (χ4v) is 4.10. The summed E-state index contributed by atoms with van der Waals surface area (Å²) in [5, 5.41) is 13.2. The van der Waals surface area contributed by atoms with E-state index in [-0.39, 0.29) is 6.10 Å². The first-order valence-electron chi connectivity index (χ1n) is 6.35. The number of aliphatic hydroxyl groups excluding tert-OH is 1. The molecule has 2 aliphatic rings. The molecule has 2 atom stereocenters. The second kappa shape index (κ2) is 4.47. The first-order valence-corrected chi connectivity index (χ1v) is 7.16. The lowest BCUT2D eigenvalue weighted by Gasteiger charge is -2.15. The number of fused-ring (bicyclic) bond motifs is 1. The molecule has 1 fully saturated rings. The first kappa shape index (κ1) is 10.8. The third kappa shape index (κ3) is 2.04. The van der Waals surface area contributed by atoms with Gasteiger partial charge in [0.1, 0.15) is 0 Å². The Bertz CT molecular complexity index is 353. The van der Waals surface area contributed by atoms with Crippen LogP contribution in [0.2, 0.25) is 0 Å². The molecule has 2 aliphatic carbocycles. The van der Waals surface area contributed by atoms with E-state index in [4.69, 9.17) is 0 Å². The molecule has 0 aromatic carbocycles. The van der Waals surface area contributed by atoms with E-state index in [0.717, 1.165) is 19.4 Å². The van der Waals surface area contributed by atoms with Crippen LogP contribution in [-0.2, 0) is 19.4 Å². The molecule has 2 nitrogen and oxygen atoms in total. The molecule has 88 valence electrons. The molecule has 0 bridgehead atoms. The van der Waals surface area contributed by atoms with Crippen molar-refractivity contribution in [1.29, 1.82) is 0 Å². The largest absolute Gasteiger partial charge is 0.392 e. The van der Waals surface area contributed by atoms with Gasteiger partial charge in [-0.3, -0.25) is 0 Å². The number of nitrogens with one attached hydrogen (secondary N) is 1. The van der Waals surface area contributed by atoms with E-state index in [0.29, 0.717) is 6.04 Å². The van der Waals surface area contributed by atoms with Crippen molar-refractivity contribution in [3.63, 3.8) is 0 Å². The van der Waals surface area contributed by atoms with Crippen molar-refractivity contribution in [3.05, 3.63) is 21.4 Å². The first-order chi connectivity index (χ1) is 7.83. The molecule has 2 N–H and O–H groups in total. The maximum absolute atomic E-state index is 9.73. The fourth-order valence-electron chi connectivity index (χ4n) is 2.89. The van der Waals surface area contributed by atoms with Gasteiger partial charge in [0.15, 0.2) is 0 Å². The molecular formula is C13H19NOS. The van der Waals surface area contributed by atoms with E-state index in [2.05, 4.69) is 11.4 Å². The summed E-state index contributed by atoms with van der Waals surface area (Å²) in [6.07, 6.45) is 7.05. The zero-order valence-electron chi connectivity index (χ0n) is 9.54. The maximum atomic E-state index is 9.73. The van der Waals surface area contributed by atoms with Crippen molar-refractivity contribution in [3.8, 4) is 0 Å². The summed E-state index contributed by atoms with van der Waals surface area (Å²) in [6, 6.07) is 2.69. The lowest BCUT2D eigenvalue weighted by molar-refractivity contribution is 0.149. The molecule has 0 aliphatic heterocycles. The number of thiophene rings is 1. The lowest BCUT2D eigenvalue weighted by atomic mass is 10.2. The minimum atomic E-state index is -0.119. The Morgan fingerprint density at radius 2 is 2.25 bits per heavy atom. The molecule has 1 saturated carbocycles. The number of rotatable bonds is 3. The van der Waals surface area contributed by atoms with Crippen LogP contribution in [0.3, 0.4) is 0 Å². The second-order valence-electron chi connectivity index (χ2n) is 5.00. The van der Waals surface area contributed by atoms with Gasteiger partial charge in [-0.25, -0.2) is 0 Å². The Hall–Kier alpha value is -0.380. The normalized spacial score (nSPS) is 28.6. The van der Waals surface area contributed by atoms with Crippen LogP contribution in [0.25, 0.3) is 0 Å². The van der Waals surface area contributed by atoms with Gasteiger partial charge in [0, 0.05) is 22.3 Å². The predicted octanol–water partition coefficient (Wildman–Crippen LogP) is 2.24. The zero-order chi connectivity index (χ0) is 11.0. The highest BCUT2D eigenvalue weighted by Gasteiger charge is 2.24. The van der Waals surface area contributed by atoms with Gasteiger partial charge in [-0.05, 0) is 50.2 Å². The third-order valence-corrected chi connectivity index (χ3v) is 5.05. The molecule has 3 heteroatoms. The summed E-state index contributed by atoms with van der Waals surface area (Å²) in [6.45, 7) is 0.944. The number of hydrogen-bond acceptors (Lipinski definition) is 3. The van der Waals surface area contributed by atoms with Gasteiger partial charge in [-0.15, -0.1) is 11.3 Å². The minimum Gasteiger partial charge on any atom is -0.392 e. The molecule has 0 amide bonds. The number of hydrogen-bond donors (Lipinski definition) is 2. The van der Waals surface area contributed by atoms with Gasteiger partial charge >= 0.3 is 0 Å². The SMILES string of the molecule is O[C@@H]1CCC[C@H]1NCc1cc2c(s1)CCC2. The molecule has 0 saturated heterocycles. The molecule has 3 rings (SSSR count). The van der Waals surface area contributed by atoms with Gasteiger partial charge < -0.3 is 10.4 Å². The second-order valence-corrected chi connectivity index (χ2v) is 6.22. The maximum Gasteiger partial charge on any atom is 0.0693 e. The summed E-state index contributed by atoms with van der Waals surface area (Å²) >= 11 is 1.96. The van der Waals surface area contributed by atoms with Crippen molar-refractivity contribution in [2.45, 2.75) is 57.2 Å². The van der Waals surface area contributed by atoms with E-state index in [1.807, 2.05) is 11.3 Å². The molecule has 1 heterocycles. The van der Waals surface area contributed by atoms with Gasteiger partial charge in [-0.2, -0.15) is 0 Å². The summed E-state index contributed by atoms with van der Waals surface area (Å²) in [4.78, 5) is 3.05. The van der Waals surface area contributed by atoms with Crippen LogP contribution in [0.4, 0.5) is 0 Å². The van der Waals surface area contributed by atoms with E-state index < -0.39 is 0 Å². The number of aryl methyl sites for hydroxylation is 2. The van der Waals surface area contributed by atoms with E-state index in [1.54, 1.807) is 10.4 Å². The van der Waals surface area contributed by atoms with Crippen LogP contribution < -0.4 is 5.32 Å². The van der Waals surface area contributed by atoms with Crippen molar-refractivity contribution in [2.75, 3.05) is 0 Å². The highest BCUT2D eigenvalue weighted by atomic mass is 32.1. The monoisotopic (exact) mass is 237 g/mol. The Kier molecular flexibility index (Phi) is 3.01. The van der Waals surface area contributed by atoms with E-state index >= 15 is 0 Å². The van der Waals surface area contributed by atoms with Gasteiger partial charge in [0.05, 0.1) is 6.10 Å². The summed E-state index contributed by atoms with van der Waals surface area (Å²) in [5.41, 5.74) is 1.58.